The monoisotopic (exact) mass is 393 g/mol. The number of carbonyl (C=O) groups is 1. The van der Waals surface area contributed by atoms with Gasteiger partial charge in [-0.2, -0.15) is 4.31 Å². The fourth-order valence-electron chi connectivity index (χ4n) is 3.79. The lowest BCUT2D eigenvalue weighted by Gasteiger charge is -2.23. The van der Waals surface area contributed by atoms with Crippen LogP contribution in [0.25, 0.3) is 0 Å². The quantitative estimate of drug-likeness (QED) is 0.775. The third kappa shape index (κ3) is 5.77. The van der Waals surface area contributed by atoms with Gasteiger partial charge in [0.05, 0.1) is 4.90 Å². The van der Waals surface area contributed by atoms with E-state index in [-0.39, 0.29) is 11.9 Å². The summed E-state index contributed by atoms with van der Waals surface area (Å²) in [5.74, 6) is 0.0602. The number of rotatable bonds is 6. The van der Waals surface area contributed by atoms with Crippen LogP contribution in [0.3, 0.4) is 0 Å². The van der Waals surface area contributed by atoms with Gasteiger partial charge in [-0.05, 0) is 56.3 Å². The number of piperidine rings is 1. The second kappa shape index (κ2) is 9.66. The first-order valence-corrected chi connectivity index (χ1v) is 11.6. The van der Waals surface area contributed by atoms with E-state index in [0.717, 1.165) is 57.2 Å². The first-order valence-electron chi connectivity index (χ1n) is 10.1. The third-order valence-electron chi connectivity index (χ3n) is 5.43. The van der Waals surface area contributed by atoms with Gasteiger partial charge in [0.25, 0.3) is 0 Å². The summed E-state index contributed by atoms with van der Waals surface area (Å²) < 4.78 is 27.2. The van der Waals surface area contributed by atoms with Crippen LogP contribution in [-0.2, 0) is 21.2 Å². The Kier molecular flexibility index (Phi) is 7.26. The summed E-state index contributed by atoms with van der Waals surface area (Å²) in [5.41, 5.74) is 0.988. The number of amides is 1. The second-order valence-corrected chi connectivity index (χ2v) is 9.51. The molecule has 1 aromatic rings. The van der Waals surface area contributed by atoms with Crippen molar-refractivity contribution < 1.29 is 13.2 Å². The molecule has 0 bridgehead atoms. The first-order chi connectivity index (χ1) is 13.1. The molecule has 2 heterocycles. The van der Waals surface area contributed by atoms with E-state index in [0.29, 0.717) is 30.8 Å². The van der Waals surface area contributed by atoms with Crippen LogP contribution in [0.15, 0.2) is 29.2 Å². The van der Waals surface area contributed by atoms with E-state index in [4.69, 9.17) is 0 Å². The van der Waals surface area contributed by atoms with Crippen LogP contribution in [0.4, 0.5) is 0 Å². The average molecular weight is 394 g/mol. The molecular weight excluding hydrogens is 362 g/mol. The predicted octanol–water partition coefficient (Wildman–Crippen LogP) is 2.05. The van der Waals surface area contributed by atoms with Crippen LogP contribution in [0.1, 0.15) is 50.5 Å². The highest BCUT2D eigenvalue weighted by molar-refractivity contribution is 7.89. The topological polar surface area (TPSA) is 78.5 Å². The van der Waals surface area contributed by atoms with Gasteiger partial charge in [-0.1, -0.05) is 25.0 Å². The molecule has 1 unspecified atom stereocenters. The molecular formula is C20H31N3O3S. The number of benzene rings is 1. The van der Waals surface area contributed by atoms with E-state index in [9.17, 15) is 13.2 Å². The summed E-state index contributed by atoms with van der Waals surface area (Å²) in [6, 6.07) is 7.25. The smallest absolute Gasteiger partial charge is 0.243 e. The molecule has 2 saturated heterocycles. The van der Waals surface area contributed by atoms with Crippen LogP contribution >= 0.6 is 0 Å². The Morgan fingerprint density at radius 2 is 1.78 bits per heavy atom. The predicted molar refractivity (Wildman–Crippen MR) is 106 cm³/mol. The Morgan fingerprint density at radius 3 is 2.41 bits per heavy atom. The maximum Gasteiger partial charge on any atom is 0.243 e. The number of nitrogens with one attached hydrogen (secondary N) is 2. The minimum Gasteiger partial charge on any atom is -0.352 e. The van der Waals surface area contributed by atoms with Gasteiger partial charge in [-0.15, -0.1) is 0 Å². The molecule has 1 atom stereocenters. The number of hydrogen-bond donors (Lipinski definition) is 2. The summed E-state index contributed by atoms with van der Waals surface area (Å²) in [5, 5.41) is 6.36. The van der Waals surface area contributed by atoms with Crippen molar-refractivity contribution in [2.45, 2.75) is 62.3 Å². The molecule has 0 aliphatic carbocycles. The molecule has 7 heteroatoms. The Labute approximate surface area is 162 Å². The molecule has 2 aliphatic heterocycles. The van der Waals surface area contributed by atoms with Crippen molar-refractivity contribution in [1.82, 2.24) is 14.9 Å². The molecule has 3 rings (SSSR count). The van der Waals surface area contributed by atoms with Crippen LogP contribution in [0.2, 0.25) is 0 Å². The Bertz CT molecular complexity index is 704. The van der Waals surface area contributed by atoms with Crippen molar-refractivity contribution in [2.24, 2.45) is 0 Å². The fraction of sp³-hybridized carbons (Fsp3) is 0.650. The van der Waals surface area contributed by atoms with Crippen LogP contribution < -0.4 is 10.6 Å². The summed E-state index contributed by atoms with van der Waals surface area (Å²) in [6.45, 7) is 3.09. The largest absolute Gasteiger partial charge is 0.352 e. The summed E-state index contributed by atoms with van der Waals surface area (Å²) in [4.78, 5) is 12.5. The highest BCUT2D eigenvalue weighted by Crippen LogP contribution is 2.21. The molecule has 1 aromatic carbocycles. The molecule has 2 aliphatic rings. The molecule has 0 radical (unpaired) electrons. The van der Waals surface area contributed by atoms with E-state index in [1.165, 1.54) is 0 Å². The van der Waals surface area contributed by atoms with Crippen molar-refractivity contribution in [3.63, 3.8) is 0 Å². The lowest BCUT2D eigenvalue weighted by Crippen LogP contribution is -2.45. The van der Waals surface area contributed by atoms with Gasteiger partial charge in [0.15, 0.2) is 0 Å². The molecule has 27 heavy (non-hydrogen) atoms. The maximum absolute atomic E-state index is 12.8. The van der Waals surface area contributed by atoms with Crippen molar-refractivity contribution in [3.8, 4) is 0 Å². The zero-order valence-electron chi connectivity index (χ0n) is 16.0. The highest BCUT2D eigenvalue weighted by Gasteiger charge is 2.25. The van der Waals surface area contributed by atoms with Crippen LogP contribution in [0, 0.1) is 0 Å². The Hall–Kier alpha value is -1.44. The Balaban J connectivity index is 1.52. The minimum atomic E-state index is -3.41. The molecule has 2 fully saturated rings. The van der Waals surface area contributed by atoms with E-state index >= 15 is 0 Å². The average Bonchev–Trinajstić information content (AvgIpc) is 2.98. The second-order valence-electron chi connectivity index (χ2n) is 7.57. The van der Waals surface area contributed by atoms with Crippen molar-refractivity contribution in [3.05, 3.63) is 29.8 Å². The zero-order chi connectivity index (χ0) is 19.1. The number of hydrogen-bond acceptors (Lipinski definition) is 4. The molecule has 0 saturated carbocycles. The van der Waals surface area contributed by atoms with Gasteiger partial charge in [0, 0.05) is 32.1 Å². The normalized spacial score (nSPS) is 22.1. The molecule has 0 aromatic heterocycles. The number of carbonyl (C=O) groups excluding carboxylic acids is 1. The number of nitrogens with zero attached hydrogens (tertiary/aromatic N) is 1. The lowest BCUT2D eigenvalue weighted by molar-refractivity contribution is -0.121. The summed E-state index contributed by atoms with van der Waals surface area (Å²) >= 11 is 0. The van der Waals surface area contributed by atoms with Gasteiger partial charge in [-0.25, -0.2) is 8.42 Å². The standard InChI is InChI=1S/C20H31N3O3S/c24-20(22-18-6-5-13-21-16-18)12-9-17-7-10-19(11-8-17)27(25,26)23-14-3-1-2-4-15-23/h7-8,10-11,18,21H,1-6,9,12-16H2,(H,22,24). The van der Waals surface area contributed by atoms with Crippen molar-refractivity contribution >= 4 is 15.9 Å². The molecule has 1 amide bonds. The minimum absolute atomic E-state index is 0.0602. The van der Waals surface area contributed by atoms with Gasteiger partial charge < -0.3 is 10.6 Å². The van der Waals surface area contributed by atoms with Gasteiger partial charge in [0.2, 0.25) is 15.9 Å². The molecule has 150 valence electrons. The van der Waals surface area contributed by atoms with Crippen LogP contribution in [-0.4, -0.2) is 50.9 Å². The first kappa shape index (κ1) is 20.3. The number of aryl methyl sites for hydroxylation is 1. The SMILES string of the molecule is O=C(CCc1ccc(S(=O)(=O)N2CCCCCC2)cc1)NC1CCCNC1. The van der Waals surface area contributed by atoms with E-state index < -0.39 is 10.0 Å². The zero-order valence-corrected chi connectivity index (χ0v) is 16.8. The molecule has 0 spiro atoms. The number of sulfonamides is 1. The summed E-state index contributed by atoms with van der Waals surface area (Å²) in [7, 11) is -3.41. The molecule has 2 N–H and O–H groups in total. The van der Waals surface area contributed by atoms with E-state index in [1.807, 2.05) is 12.1 Å². The van der Waals surface area contributed by atoms with Gasteiger partial charge in [0.1, 0.15) is 0 Å². The van der Waals surface area contributed by atoms with E-state index in [2.05, 4.69) is 10.6 Å². The van der Waals surface area contributed by atoms with Crippen molar-refractivity contribution in [1.29, 1.82) is 0 Å². The molecule has 6 nitrogen and oxygen atoms in total. The highest BCUT2D eigenvalue weighted by atomic mass is 32.2. The lowest BCUT2D eigenvalue weighted by atomic mass is 10.1. The maximum atomic E-state index is 12.8. The van der Waals surface area contributed by atoms with E-state index in [1.54, 1.807) is 16.4 Å². The van der Waals surface area contributed by atoms with Gasteiger partial charge >= 0.3 is 0 Å². The van der Waals surface area contributed by atoms with Crippen LogP contribution in [0.5, 0.6) is 0 Å². The van der Waals surface area contributed by atoms with Crippen molar-refractivity contribution in [2.75, 3.05) is 26.2 Å². The fourth-order valence-corrected chi connectivity index (χ4v) is 5.31. The summed E-state index contributed by atoms with van der Waals surface area (Å²) in [6.07, 6.45) is 7.24. The Morgan fingerprint density at radius 1 is 1.07 bits per heavy atom. The third-order valence-corrected chi connectivity index (χ3v) is 7.34. The van der Waals surface area contributed by atoms with Gasteiger partial charge in [-0.3, -0.25) is 4.79 Å².